The van der Waals surface area contributed by atoms with Crippen LogP contribution in [0.1, 0.15) is 0 Å². The molecule has 0 radical (unpaired) electrons. The van der Waals surface area contributed by atoms with Crippen LogP contribution in [-0.4, -0.2) is 38.1 Å². The van der Waals surface area contributed by atoms with Gasteiger partial charge in [-0.25, -0.2) is 0 Å². The van der Waals surface area contributed by atoms with E-state index in [1.165, 1.54) is 0 Å². The fraction of sp³-hybridized carbons (Fsp3) is 0.800. The zero-order chi connectivity index (χ0) is 10.5. The van der Waals surface area contributed by atoms with E-state index in [4.69, 9.17) is 5.11 Å². The molecule has 8 heteroatoms. The van der Waals surface area contributed by atoms with E-state index in [-0.39, 0.29) is 23.3 Å². The summed E-state index contributed by atoms with van der Waals surface area (Å²) in [4.78, 5) is 9.95. The Hall–Kier alpha value is -0.240. The molecule has 0 saturated heterocycles. The highest BCUT2D eigenvalue weighted by Gasteiger charge is 2.27. The lowest BCUT2D eigenvalue weighted by Gasteiger charge is -2.03. The van der Waals surface area contributed by atoms with E-state index in [0.29, 0.717) is 0 Å². The van der Waals surface area contributed by atoms with Crippen molar-refractivity contribution in [3.8, 4) is 0 Å². The van der Waals surface area contributed by atoms with Gasteiger partial charge in [-0.05, 0) is 0 Å². The Morgan fingerprint density at radius 1 is 1.46 bits per heavy atom. The van der Waals surface area contributed by atoms with Gasteiger partial charge in [-0.1, -0.05) is 11.8 Å². The number of aliphatic carboxylic acids is 1. The number of rotatable bonds is 5. The molecule has 13 heavy (non-hydrogen) atoms. The summed E-state index contributed by atoms with van der Waals surface area (Å²) in [6, 6.07) is 0. The summed E-state index contributed by atoms with van der Waals surface area (Å²) in [5, 5.41) is 8.12. The number of hydrogen-bond donors (Lipinski definition) is 1. The summed E-state index contributed by atoms with van der Waals surface area (Å²) in [5.74, 6) is -2.49. The lowest BCUT2D eigenvalue weighted by molar-refractivity contribution is -0.133. The van der Waals surface area contributed by atoms with Gasteiger partial charge in [-0.3, -0.25) is 9.00 Å². The van der Waals surface area contributed by atoms with Crippen molar-refractivity contribution < 1.29 is 27.3 Å². The average molecular weight is 236 g/mol. The lowest BCUT2D eigenvalue weighted by atomic mass is 10.8. The van der Waals surface area contributed by atoms with Gasteiger partial charge in [0.25, 0.3) is 0 Å². The molecule has 1 N–H and O–H groups in total. The van der Waals surface area contributed by atoms with Crippen molar-refractivity contribution in [3.05, 3.63) is 0 Å². The van der Waals surface area contributed by atoms with Crippen LogP contribution < -0.4 is 0 Å². The molecule has 0 rings (SSSR count). The number of halogens is 3. The van der Waals surface area contributed by atoms with Gasteiger partial charge >= 0.3 is 11.5 Å². The first-order valence-electron chi connectivity index (χ1n) is 3.09. The minimum absolute atomic E-state index is 0.253. The SMILES string of the molecule is O=C(O)CS(=O)CCSC(F)(F)F. The van der Waals surface area contributed by atoms with Crippen LogP contribution in [0.25, 0.3) is 0 Å². The summed E-state index contributed by atoms with van der Waals surface area (Å²) >= 11 is -0.297. The van der Waals surface area contributed by atoms with E-state index < -0.39 is 28.0 Å². The molecule has 0 bridgehead atoms. The van der Waals surface area contributed by atoms with Crippen molar-refractivity contribution in [1.82, 2.24) is 0 Å². The van der Waals surface area contributed by atoms with E-state index >= 15 is 0 Å². The van der Waals surface area contributed by atoms with Crippen molar-refractivity contribution in [2.45, 2.75) is 5.51 Å². The second-order valence-electron chi connectivity index (χ2n) is 1.98. The van der Waals surface area contributed by atoms with Gasteiger partial charge < -0.3 is 5.11 Å². The number of carbonyl (C=O) groups is 1. The molecule has 3 nitrogen and oxygen atoms in total. The molecule has 0 aliphatic heterocycles. The Morgan fingerprint density at radius 2 is 2.00 bits per heavy atom. The Labute approximate surface area is 79.1 Å². The molecular weight excluding hydrogens is 229 g/mol. The molecule has 0 aromatic heterocycles. The smallest absolute Gasteiger partial charge is 0.441 e. The normalized spacial score (nSPS) is 14.1. The van der Waals surface area contributed by atoms with Crippen LogP contribution in [0.15, 0.2) is 0 Å². The van der Waals surface area contributed by atoms with Crippen LogP contribution in [0.4, 0.5) is 13.2 Å². The molecule has 0 saturated carbocycles. The molecule has 0 amide bonds. The molecule has 0 spiro atoms. The first kappa shape index (κ1) is 12.8. The highest BCUT2D eigenvalue weighted by molar-refractivity contribution is 8.01. The number of hydrogen-bond acceptors (Lipinski definition) is 3. The minimum atomic E-state index is -4.34. The predicted molar refractivity (Wildman–Crippen MR) is 44.0 cm³/mol. The molecule has 78 valence electrons. The highest BCUT2D eigenvalue weighted by atomic mass is 32.2. The number of carboxylic acids is 1. The standard InChI is InChI=1S/C5H7F3O3S2/c6-5(7,8)12-1-2-13(11)3-4(9)10/h1-3H2,(H,9,10). The average Bonchev–Trinajstić information content (AvgIpc) is 1.81. The van der Waals surface area contributed by atoms with Crippen molar-refractivity contribution >= 4 is 28.5 Å². The summed E-state index contributed by atoms with van der Waals surface area (Å²) in [6.45, 7) is 0. The fourth-order valence-electron chi connectivity index (χ4n) is 0.460. The molecule has 0 aliphatic carbocycles. The third-order valence-corrected chi connectivity index (χ3v) is 3.08. The second kappa shape index (κ2) is 5.48. The first-order valence-corrected chi connectivity index (χ1v) is 5.56. The van der Waals surface area contributed by atoms with Gasteiger partial charge in [0.2, 0.25) is 0 Å². The van der Waals surface area contributed by atoms with Gasteiger partial charge in [0, 0.05) is 22.3 Å². The van der Waals surface area contributed by atoms with Gasteiger partial charge in [0.1, 0.15) is 5.75 Å². The summed E-state index contributed by atoms with van der Waals surface area (Å²) in [7, 11) is -1.71. The molecule has 0 aliphatic rings. The zero-order valence-corrected chi connectivity index (χ0v) is 7.97. The number of thioether (sulfide) groups is 1. The lowest BCUT2D eigenvalue weighted by Crippen LogP contribution is -2.14. The third kappa shape index (κ3) is 9.68. The van der Waals surface area contributed by atoms with Gasteiger partial charge in [0.15, 0.2) is 0 Å². The molecule has 0 aromatic carbocycles. The number of alkyl halides is 3. The van der Waals surface area contributed by atoms with E-state index in [1.54, 1.807) is 0 Å². The number of carboxylic acid groups (broad SMARTS) is 1. The maximum absolute atomic E-state index is 11.5. The Morgan fingerprint density at radius 3 is 2.38 bits per heavy atom. The van der Waals surface area contributed by atoms with E-state index in [2.05, 4.69) is 0 Å². The molecule has 0 heterocycles. The first-order chi connectivity index (χ1) is 5.81. The largest absolute Gasteiger partial charge is 0.481 e. The quantitative estimate of drug-likeness (QED) is 0.775. The molecule has 1 unspecified atom stereocenters. The van der Waals surface area contributed by atoms with E-state index in [1.807, 2.05) is 0 Å². The summed E-state index contributed by atoms with van der Waals surface area (Å²) in [6.07, 6.45) is 0. The molecular formula is C5H7F3O3S2. The molecule has 0 aromatic rings. The predicted octanol–water partition coefficient (Wildman–Crippen LogP) is 1.07. The third-order valence-electron chi connectivity index (χ3n) is 0.861. The monoisotopic (exact) mass is 236 g/mol. The zero-order valence-electron chi connectivity index (χ0n) is 6.34. The fourth-order valence-corrected chi connectivity index (χ4v) is 2.19. The van der Waals surface area contributed by atoms with E-state index in [0.717, 1.165) is 0 Å². The minimum Gasteiger partial charge on any atom is -0.481 e. The summed E-state index contributed by atoms with van der Waals surface area (Å²) in [5.41, 5.74) is -4.34. The Balaban J connectivity index is 3.54. The van der Waals surface area contributed by atoms with Crippen LogP contribution >= 0.6 is 11.8 Å². The maximum atomic E-state index is 11.5. The van der Waals surface area contributed by atoms with Crippen LogP contribution in [0.2, 0.25) is 0 Å². The van der Waals surface area contributed by atoms with Crippen molar-refractivity contribution in [3.63, 3.8) is 0 Å². The molecule has 1 atom stereocenters. The summed E-state index contributed by atoms with van der Waals surface area (Å²) < 4.78 is 45.2. The topological polar surface area (TPSA) is 54.4 Å². The van der Waals surface area contributed by atoms with Crippen molar-refractivity contribution in [1.29, 1.82) is 0 Å². The van der Waals surface area contributed by atoms with Crippen LogP contribution in [0, 0.1) is 0 Å². The van der Waals surface area contributed by atoms with Crippen LogP contribution in [-0.2, 0) is 15.6 Å². The molecule has 0 fully saturated rings. The van der Waals surface area contributed by atoms with Gasteiger partial charge in [0.05, 0.1) is 0 Å². The van der Waals surface area contributed by atoms with Crippen LogP contribution in [0.5, 0.6) is 0 Å². The van der Waals surface area contributed by atoms with Gasteiger partial charge in [-0.15, -0.1) is 0 Å². The van der Waals surface area contributed by atoms with Crippen molar-refractivity contribution in [2.75, 3.05) is 17.3 Å². The van der Waals surface area contributed by atoms with Gasteiger partial charge in [-0.2, -0.15) is 13.2 Å². The highest BCUT2D eigenvalue weighted by Crippen LogP contribution is 2.29. The Kier molecular flexibility index (Phi) is 5.38. The van der Waals surface area contributed by atoms with E-state index in [9.17, 15) is 22.2 Å². The van der Waals surface area contributed by atoms with Crippen LogP contribution in [0.3, 0.4) is 0 Å². The van der Waals surface area contributed by atoms with Crippen molar-refractivity contribution in [2.24, 2.45) is 0 Å². The second-order valence-corrected chi connectivity index (χ2v) is 4.71. The maximum Gasteiger partial charge on any atom is 0.441 e. The Bertz CT molecular complexity index is 204.